The van der Waals surface area contributed by atoms with Crippen molar-refractivity contribution < 1.29 is 4.79 Å². The van der Waals surface area contributed by atoms with Crippen molar-refractivity contribution in [3.8, 4) is 6.19 Å². The zero-order valence-electron chi connectivity index (χ0n) is 13.3. The molecule has 0 aromatic heterocycles. The fraction of sp³-hybridized carbons (Fsp3) is 0.556. The molecule has 1 saturated carbocycles. The molecule has 1 atom stereocenters. The first kappa shape index (κ1) is 16.5. The Morgan fingerprint density at radius 2 is 1.95 bits per heavy atom. The molecule has 118 valence electrons. The fourth-order valence-corrected chi connectivity index (χ4v) is 3.30. The van der Waals surface area contributed by atoms with Gasteiger partial charge in [-0.2, -0.15) is 5.26 Å². The summed E-state index contributed by atoms with van der Waals surface area (Å²) < 4.78 is 0. The summed E-state index contributed by atoms with van der Waals surface area (Å²) in [4.78, 5) is 12.4. The maximum Gasteiger partial charge on any atom is 0.253 e. The highest BCUT2D eigenvalue weighted by molar-refractivity contribution is 5.87. The number of nitriles is 1. The van der Waals surface area contributed by atoms with Crippen LogP contribution < -0.4 is 10.6 Å². The van der Waals surface area contributed by atoms with Gasteiger partial charge in [-0.1, -0.05) is 62.4 Å². The molecule has 1 amide bonds. The number of hydrogen-bond acceptors (Lipinski definition) is 3. The van der Waals surface area contributed by atoms with E-state index in [4.69, 9.17) is 5.26 Å². The first-order chi connectivity index (χ1) is 10.6. The summed E-state index contributed by atoms with van der Waals surface area (Å²) in [5.41, 5.74) is 0.440. The molecular weight excluding hydrogens is 274 g/mol. The van der Waals surface area contributed by atoms with Crippen molar-refractivity contribution in [2.75, 3.05) is 0 Å². The zero-order valence-corrected chi connectivity index (χ0v) is 13.3. The summed E-state index contributed by atoms with van der Waals surface area (Å²) in [7, 11) is 0. The van der Waals surface area contributed by atoms with Crippen LogP contribution in [-0.2, 0) is 11.3 Å². The first-order valence-corrected chi connectivity index (χ1v) is 8.12. The van der Waals surface area contributed by atoms with E-state index in [9.17, 15) is 4.79 Å². The van der Waals surface area contributed by atoms with E-state index in [2.05, 4.69) is 10.6 Å². The predicted octanol–water partition coefficient (Wildman–Crippen LogP) is 3.10. The van der Waals surface area contributed by atoms with Gasteiger partial charge >= 0.3 is 0 Å². The standard InChI is InChI=1S/C18H25N3O/c1-18(17(22)20-14-19,12-15-8-4-2-5-9-15)21-13-16-10-6-3-7-11-16/h3,6-7,10-11,15,21H,2,4-5,8-9,12-13H2,1H3,(H,20,22). The van der Waals surface area contributed by atoms with E-state index >= 15 is 0 Å². The minimum absolute atomic E-state index is 0.225. The van der Waals surface area contributed by atoms with Gasteiger partial charge in [0.2, 0.25) is 0 Å². The number of nitrogens with zero attached hydrogens (tertiary/aromatic N) is 1. The molecule has 2 N–H and O–H groups in total. The van der Waals surface area contributed by atoms with E-state index < -0.39 is 5.54 Å². The lowest BCUT2D eigenvalue weighted by Crippen LogP contribution is -2.54. The number of amides is 1. The molecule has 1 aliphatic carbocycles. The van der Waals surface area contributed by atoms with Crippen molar-refractivity contribution in [3.63, 3.8) is 0 Å². The van der Waals surface area contributed by atoms with Crippen LogP contribution in [0.2, 0.25) is 0 Å². The summed E-state index contributed by atoms with van der Waals surface area (Å²) in [6.07, 6.45) is 8.72. The number of carbonyl (C=O) groups excluding carboxylic acids is 1. The van der Waals surface area contributed by atoms with Crippen molar-refractivity contribution in [1.82, 2.24) is 10.6 Å². The second-order valence-corrected chi connectivity index (χ2v) is 6.45. The van der Waals surface area contributed by atoms with Crippen LogP contribution in [0.25, 0.3) is 0 Å². The minimum atomic E-state index is -0.701. The van der Waals surface area contributed by atoms with Gasteiger partial charge < -0.3 is 0 Å². The van der Waals surface area contributed by atoms with E-state index in [0.29, 0.717) is 12.5 Å². The molecule has 0 saturated heterocycles. The van der Waals surface area contributed by atoms with Gasteiger partial charge in [0.1, 0.15) is 0 Å². The SMILES string of the molecule is CC(CC1CCCCC1)(NCc1ccccc1)C(=O)NC#N. The van der Waals surface area contributed by atoms with E-state index in [1.165, 1.54) is 32.1 Å². The molecule has 1 aromatic carbocycles. The van der Waals surface area contributed by atoms with Crippen LogP contribution in [0.15, 0.2) is 30.3 Å². The highest BCUT2D eigenvalue weighted by atomic mass is 16.2. The summed E-state index contributed by atoms with van der Waals surface area (Å²) in [5.74, 6) is 0.336. The van der Waals surface area contributed by atoms with Gasteiger partial charge in [-0.05, 0) is 24.8 Å². The summed E-state index contributed by atoms with van der Waals surface area (Å²) in [6.45, 7) is 2.54. The molecule has 22 heavy (non-hydrogen) atoms. The molecule has 1 aromatic rings. The molecule has 0 heterocycles. The third-order valence-corrected chi connectivity index (χ3v) is 4.62. The Bertz CT molecular complexity index is 517. The second kappa shape index (κ2) is 7.95. The van der Waals surface area contributed by atoms with Gasteiger partial charge in [0.15, 0.2) is 6.19 Å². The van der Waals surface area contributed by atoms with Crippen LogP contribution >= 0.6 is 0 Å². The predicted molar refractivity (Wildman–Crippen MR) is 86.6 cm³/mol. The number of benzene rings is 1. The van der Waals surface area contributed by atoms with Crippen LogP contribution in [0.5, 0.6) is 0 Å². The van der Waals surface area contributed by atoms with Crippen LogP contribution in [0.4, 0.5) is 0 Å². The Labute approximate surface area is 132 Å². The van der Waals surface area contributed by atoms with Gasteiger partial charge in [0, 0.05) is 6.54 Å². The Morgan fingerprint density at radius 3 is 2.59 bits per heavy atom. The van der Waals surface area contributed by atoms with E-state index in [0.717, 1.165) is 12.0 Å². The highest BCUT2D eigenvalue weighted by Crippen LogP contribution is 2.31. The van der Waals surface area contributed by atoms with Crippen molar-refractivity contribution >= 4 is 5.91 Å². The zero-order chi connectivity index (χ0) is 15.8. The number of nitrogens with one attached hydrogen (secondary N) is 2. The summed E-state index contributed by atoms with van der Waals surface area (Å²) >= 11 is 0. The highest BCUT2D eigenvalue weighted by Gasteiger charge is 2.35. The topological polar surface area (TPSA) is 64.9 Å². The van der Waals surface area contributed by atoms with Crippen LogP contribution in [0.1, 0.15) is 51.0 Å². The molecule has 1 aliphatic rings. The Balaban J connectivity index is 2.03. The molecular formula is C18H25N3O. The lowest BCUT2D eigenvalue weighted by atomic mass is 9.79. The Kier molecular flexibility index (Phi) is 5.97. The average Bonchev–Trinajstić information content (AvgIpc) is 2.55. The molecule has 0 spiro atoms. The minimum Gasteiger partial charge on any atom is -0.299 e. The number of hydrogen-bond donors (Lipinski definition) is 2. The van der Waals surface area contributed by atoms with E-state index in [1.54, 1.807) is 6.19 Å². The molecule has 1 unspecified atom stereocenters. The molecule has 0 radical (unpaired) electrons. The van der Waals surface area contributed by atoms with Crippen molar-refractivity contribution in [2.45, 2.75) is 57.5 Å². The van der Waals surface area contributed by atoms with Gasteiger partial charge in [-0.3, -0.25) is 15.4 Å². The van der Waals surface area contributed by atoms with Gasteiger partial charge in [0.25, 0.3) is 5.91 Å². The van der Waals surface area contributed by atoms with E-state index in [-0.39, 0.29) is 5.91 Å². The normalized spacial score (nSPS) is 18.2. The molecule has 0 aliphatic heterocycles. The van der Waals surface area contributed by atoms with Crippen LogP contribution in [-0.4, -0.2) is 11.4 Å². The van der Waals surface area contributed by atoms with Gasteiger partial charge in [-0.15, -0.1) is 0 Å². The fourth-order valence-electron chi connectivity index (χ4n) is 3.30. The smallest absolute Gasteiger partial charge is 0.253 e. The Morgan fingerprint density at radius 1 is 1.27 bits per heavy atom. The Hall–Kier alpha value is -1.86. The second-order valence-electron chi connectivity index (χ2n) is 6.45. The van der Waals surface area contributed by atoms with Crippen molar-refractivity contribution in [1.29, 1.82) is 5.26 Å². The molecule has 0 bridgehead atoms. The third-order valence-electron chi connectivity index (χ3n) is 4.62. The third kappa shape index (κ3) is 4.57. The quantitative estimate of drug-likeness (QED) is 0.626. The maximum atomic E-state index is 12.4. The molecule has 4 nitrogen and oxygen atoms in total. The van der Waals surface area contributed by atoms with E-state index in [1.807, 2.05) is 37.3 Å². The summed E-state index contributed by atoms with van der Waals surface area (Å²) in [6, 6.07) is 10.0. The van der Waals surface area contributed by atoms with Crippen LogP contribution in [0, 0.1) is 17.4 Å². The lowest BCUT2D eigenvalue weighted by molar-refractivity contribution is -0.126. The molecule has 2 rings (SSSR count). The summed E-state index contributed by atoms with van der Waals surface area (Å²) in [5, 5.41) is 14.5. The first-order valence-electron chi connectivity index (χ1n) is 8.12. The molecule has 4 heteroatoms. The van der Waals surface area contributed by atoms with Crippen molar-refractivity contribution in [2.24, 2.45) is 5.92 Å². The average molecular weight is 299 g/mol. The monoisotopic (exact) mass is 299 g/mol. The van der Waals surface area contributed by atoms with Gasteiger partial charge in [-0.25, -0.2) is 0 Å². The van der Waals surface area contributed by atoms with Crippen LogP contribution in [0.3, 0.4) is 0 Å². The van der Waals surface area contributed by atoms with Gasteiger partial charge in [0.05, 0.1) is 5.54 Å². The number of carbonyl (C=O) groups is 1. The lowest BCUT2D eigenvalue weighted by Gasteiger charge is -2.34. The largest absolute Gasteiger partial charge is 0.299 e. The van der Waals surface area contributed by atoms with Crippen molar-refractivity contribution in [3.05, 3.63) is 35.9 Å². The molecule has 1 fully saturated rings. The number of rotatable bonds is 6. The maximum absolute atomic E-state index is 12.4.